The van der Waals surface area contributed by atoms with Gasteiger partial charge in [0.25, 0.3) is 0 Å². The number of nitrogens with one attached hydrogen (secondary N) is 1. The van der Waals surface area contributed by atoms with Crippen LogP contribution >= 0.6 is 11.8 Å². The molecular weight excluding hydrogens is 242 g/mol. The molecule has 1 aromatic carbocycles. The van der Waals surface area contributed by atoms with Crippen molar-refractivity contribution in [3.05, 3.63) is 36.4 Å². The van der Waals surface area contributed by atoms with Gasteiger partial charge in [-0.2, -0.15) is 0 Å². The molecule has 100 valence electrons. The maximum atomic E-state index is 5.33. The Bertz CT molecular complexity index is 396. The second-order valence-corrected chi connectivity index (χ2v) is 6.31. The molecule has 0 fully saturated rings. The minimum Gasteiger partial charge on any atom is -0.496 e. The van der Waals surface area contributed by atoms with Crippen molar-refractivity contribution in [3.63, 3.8) is 0 Å². The Morgan fingerprint density at radius 1 is 1.33 bits per heavy atom. The van der Waals surface area contributed by atoms with Crippen LogP contribution in [0.1, 0.15) is 20.8 Å². The normalized spacial score (nSPS) is 11.3. The fourth-order valence-electron chi connectivity index (χ4n) is 1.36. The Balaban J connectivity index is 2.43. The first kappa shape index (κ1) is 15.1. The zero-order valence-electron chi connectivity index (χ0n) is 11.7. The summed E-state index contributed by atoms with van der Waals surface area (Å²) in [6.07, 6.45) is 0. The number of thioether (sulfide) groups is 1. The first-order valence-corrected chi connectivity index (χ1v) is 7.08. The fraction of sp³-hybridized carbons (Fsp3) is 0.467. The number of benzene rings is 1. The molecule has 0 aromatic heterocycles. The summed E-state index contributed by atoms with van der Waals surface area (Å²) >= 11 is 1.77. The summed E-state index contributed by atoms with van der Waals surface area (Å²) in [4.78, 5) is 1.16. The number of ether oxygens (including phenoxy) is 1. The Hall–Kier alpha value is -0.930. The quantitative estimate of drug-likeness (QED) is 0.625. The van der Waals surface area contributed by atoms with Crippen LogP contribution in [0.25, 0.3) is 0 Å². The summed E-state index contributed by atoms with van der Waals surface area (Å²) in [5, 5.41) is 3.44. The third kappa shape index (κ3) is 5.61. The van der Waals surface area contributed by atoms with Crippen molar-refractivity contribution >= 4 is 11.8 Å². The average Bonchev–Trinajstić information content (AvgIpc) is 2.33. The van der Waals surface area contributed by atoms with Crippen molar-refractivity contribution in [2.24, 2.45) is 0 Å². The molecule has 3 heteroatoms. The molecule has 0 bridgehead atoms. The second kappa shape index (κ2) is 6.86. The minimum absolute atomic E-state index is 0.137. The zero-order chi connectivity index (χ0) is 13.6. The predicted molar refractivity (Wildman–Crippen MR) is 80.6 cm³/mol. The van der Waals surface area contributed by atoms with Crippen LogP contribution in [-0.2, 0) is 0 Å². The molecule has 18 heavy (non-hydrogen) atoms. The van der Waals surface area contributed by atoms with Gasteiger partial charge < -0.3 is 10.1 Å². The highest BCUT2D eigenvalue weighted by atomic mass is 32.2. The van der Waals surface area contributed by atoms with E-state index in [9.17, 15) is 0 Å². The molecule has 0 aliphatic heterocycles. The Morgan fingerprint density at radius 3 is 2.61 bits per heavy atom. The van der Waals surface area contributed by atoms with Gasteiger partial charge in [0.1, 0.15) is 5.75 Å². The van der Waals surface area contributed by atoms with E-state index in [0.717, 1.165) is 22.9 Å². The van der Waals surface area contributed by atoms with Crippen molar-refractivity contribution in [2.45, 2.75) is 31.2 Å². The maximum absolute atomic E-state index is 5.33. The highest BCUT2D eigenvalue weighted by Gasteiger charge is 2.09. The lowest BCUT2D eigenvalue weighted by molar-refractivity contribution is 0.405. The van der Waals surface area contributed by atoms with Crippen LogP contribution in [0.5, 0.6) is 5.75 Å². The monoisotopic (exact) mass is 265 g/mol. The number of rotatable bonds is 6. The van der Waals surface area contributed by atoms with Crippen LogP contribution < -0.4 is 10.1 Å². The third-order valence-electron chi connectivity index (χ3n) is 2.37. The molecule has 1 N–H and O–H groups in total. The van der Waals surface area contributed by atoms with Gasteiger partial charge in [0.05, 0.1) is 7.11 Å². The van der Waals surface area contributed by atoms with Gasteiger partial charge in [-0.25, -0.2) is 0 Å². The lowest BCUT2D eigenvalue weighted by Crippen LogP contribution is -2.37. The molecule has 0 heterocycles. The Morgan fingerprint density at radius 2 is 2.00 bits per heavy atom. The van der Waals surface area contributed by atoms with Crippen LogP contribution in [0.3, 0.4) is 0 Å². The van der Waals surface area contributed by atoms with E-state index in [1.807, 2.05) is 18.2 Å². The number of para-hydroxylation sites is 1. The van der Waals surface area contributed by atoms with Crippen molar-refractivity contribution in [2.75, 3.05) is 19.4 Å². The van der Waals surface area contributed by atoms with Gasteiger partial charge >= 0.3 is 0 Å². The molecule has 2 nitrogen and oxygen atoms in total. The molecule has 0 atom stereocenters. The van der Waals surface area contributed by atoms with Gasteiger partial charge in [0, 0.05) is 22.7 Å². The lowest BCUT2D eigenvalue weighted by atomic mass is 10.1. The largest absolute Gasteiger partial charge is 0.496 e. The van der Waals surface area contributed by atoms with Gasteiger partial charge in [-0.1, -0.05) is 24.3 Å². The van der Waals surface area contributed by atoms with E-state index >= 15 is 0 Å². The summed E-state index contributed by atoms with van der Waals surface area (Å²) in [6.45, 7) is 11.4. The molecule has 0 amide bonds. The summed E-state index contributed by atoms with van der Waals surface area (Å²) in [6, 6.07) is 8.08. The van der Waals surface area contributed by atoms with E-state index in [-0.39, 0.29) is 5.54 Å². The van der Waals surface area contributed by atoms with Gasteiger partial charge in [-0.3, -0.25) is 0 Å². The van der Waals surface area contributed by atoms with Gasteiger partial charge in [0.15, 0.2) is 0 Å². The van der Waals surface area contributed by atoms with E-state index in [1.54, 1.807) is 18.9 Å². The zero-order valence-corrected chi connectivity index (χ0v) is 12.6. The van der Waals surface area contributed by atoms with Gasteiger partial charge in [0.2, 0.25) is 0 Å². The molecule has 0 aliphatic carbocycles. The SMILES string of the molecule is C=C(CNC(C)(C)C)CSc1ccccc1OC. The topological polar surface area (TPSA) is 21.3 Å². The molecular formula is C15H23NOS. The molecule has 0 radical (unpaired) electrons. The Labute approximate surface area is 115 Å². The number of hydrogen-bond acceptors (Lipinski definition) is 3. The van der Waals surface area contributed by atoms with Crippen LogP contribution in [0.4, 0.5) is 0 Å². The minimum atomic E-state index is 0.137. The fourth-order valence-corrected chi connectivity index (χ4v) is 2.29. The Kier molecular flexibility index (Phi) is 5.76. The van der Waals surface area contributed by atoms with E-state index in [4.69, 9.17) is 4.74 Å². The second-order valence-electron chi connectivity index (χ2n) is 5.29. The molecule has 0 saturated carbocycles. The van der Waals surface area contributed by atoms with E-state index in [2.05, 4.69) is 38.7 Å². The predicted octanol–water partition coefficient (Wildman–Crippen LogP) is 3.73. The lowest BCUT2D eigenvalue weighted by Gasteiger charge is -2.21. The molecule has 0 spiro atoms. The van der Waals surface area contributed by atoms with E-state index < -0.39 is 0 Å². The maximum Gasteiger partial charge on any atom is 0.132 e. The van der Waals surface area contributed by atoms with E-state index in [0.29, 0.717) is 0 Å². The highest BCUT2D eigenvalue weighted by molar-refractivity contribution is 7.99. The van der Waals surface area contributed by atoms with E-state index in [1.165, 1.54) is 5.57 Å². The molecule has 1 aromatic rings. The van der Waals surface area contributed by atoms with Crippen LogP contribution in [-0.4, -0.2) is 24.9 Å². The highest BCUT2D eigenvalue weighted by Crippen LogP contribution is 2.29. The first-order chi connectivity index (χ1) is 8.42. The standard InChI is InChI=1S/C15H23NOS/c1-12(10-16-15(2,3)4)11-18-14-9-7-6-8-13(14)17-5/h6-9,16H,1,10-11H2,2-5H3. The van der Waals surface area contributed by atoms with Crippen molar-refractivity contribution in [3.8, 4) is 5.75 Å². The van der Waals surface area contributed by atoms with Crippen LogP contribution in [0, 0.1) is 0 Å². The smallest absolute Gasteiger partial charge is 0.132 e. The van der Waals surface area contributed by atoms with Crippen LogP contribution in [0.15, 0.2) is 41.3 Å². The average molecular weight is 265 g/mol. The molecule has 0 saturated heterocycles. The summed E-state index contributed by atoms with van der Waals surface area (Å²) in [5.74, 6) is 1.84. The van der Waals surface area contributed by atoms with Gasteiger partial charge in [-0.05, 0) is 32.9 Å². The van der Waals surface area contributed by atoms with Crippen molar-refractivity contribution in [1.82, 2.24) is 5.32 Å². The number of methoxy groups -OCH3 is 1. The first-order valence-electron chi connectivity index (χ1n) is 6.10. The van der Waals surface area contributed by atoms with Crippen LogP contribution in [0.2, 0.25) is 0 Å². The van der Waals surface area contributed by atoms with Gasteiger partial charge in [-0.15, -0.1) is 11.8 Å². The van der Waals surface area contributed by atoms with Crippen molar-refractivity contribution in [1.29, 1.82) is 0 Å². The summed E-state index contributed by atoms with van der Waals surface area (Å²) < 4.78 is 5.33. The van der Waals surface area contributed by atoms with Crippen molar-refractivity contribution < 1.29 is 4.74 Å². The molecule has 0 unspecified atom stereocenters. The molecule has 0 aliphatic rings. The number of hydrogen-bond donors (Lipinski definition) is 1. The summed E-state index contributed by atoms with van der Waals surface area (Å²) in [7, 11) is 1.70. The third-order valence-corrected chi connectivity index (χ3v) is 3.57. The molecule has 1 rings (SSSR count). The summed E-state index contributed by atoms with van der Waals surface area (Å²) in [5.41, 5.74) is 1.33.